The number of aromatic nitrogens is 3. The number of hydrogen-bond acceptors (Lipinski definition) is 6. The van der Waals surface area contributed by atoms with Crippen molar-refractivity contribution in [3.63, 3.8) is 0 Å². The lowest BCUT2D eigenvalue weighted by Crippen LogP contribution is -2.15. The summed E-state index contributed by atoms with van der Waals surface area (Å²) in [6, 6.07) is 18.6. The standard InChI is InChI=1S/C22H19ClN4O3S/c1-29-19-10-9-16(12-18(19)23)24-20(28)14-31-22-26-25-21(15-6-3-2-4-7-15)27(22)13-17-8-5-11-30-17/h2-12H,13-14H2,1H3,(H,24,28). The van der Waals surface area contributed by atoms with Crippen LogP contribution < -0.4 is 10.1 Å². The molecule has 0 atom stereocenters. The topological polar surface area (TPSA) is 82.2 Å². The van der Waals surface area contributed by atoms with Crippen LogP contribution in [0.15, 0.2) is 76.5 Å². The minimum Gasteiger partial charge on any atom is -0.495 e. The summed E-state index contributed by atoms with van der Waals surface area (Å²) >= 11 is 7.42. The summed E-state index contributed by atoms with van der Waals surface area (Å²) in [5.41, 5.74) is 1.53. The molecule has 31 heavy (non-hydrogen) atoms. The van der Waals surface area contributed by atoms with Crippen molar-refractivity contribution < 1.29 is 13.9 Å². The first kappa shape index (κ1) is 21.0. The average molecular weight is 455 g/mol. The number of nitrogens with zero attached hydrogens (tertiary/aromatic N) is 3. The zero-order chi connectivity index (χ0) is 21.6. The van der Waals surface area contributed by atoms with Crippen molar-refractivity contribution in [1.29, 1.82) is 0 Å². The van der Waals surface area contributed by atoms with Crippen LogP contribution in [0.5, 0.6) is 5.75 Å². The largest absolute Gasteiger partial charge is 0.495 e. The molecule has 0 aliphatic heterocycles. The molecule has 0 unspecified atom stereocenters. The van der Waals surface area contributed by atoms with Crippen LogP contribution in [0.2, 0.25) is 5.02 Å². The Labute approximate surface area is 188 Å². The Kier molecular flexibility index (Phi) is 6.59. The molecular weight excluding hydrogens is 436 g/mol. The Hall–Kier alpha value is -3.23. The molecule has 2 aromatic carbocycles. The second kappa shape index (κ2) is 9.72. The minimum absolute atomic E-state index is 0.161. The summed E-state index contributed by atoms with van der Waals surface area (Å²) in [6.45, 7) is 0.461. The van der Waals surface area contributed by atoms with E-state index in [0.29, 0.717) is 34.0 Å². The van der Waals surface area contributed by atoms with Gasteiger partial charge in [-0.25, -0.2) is 0 Å². The van der Waals surface area contributed by atoms with Crippen molar-refractivity contribution >= 4 is 35.0 Å². The van der Waals surface area contributed by atoms with Gasteiger partial charge in [0, 0.05) is 11.3 Å². The lowest BCUT2D eigenvalue weighted by atomic mass is 10.2. The molecule has 0 radical (unpaired) electrons. The highest BCUT2D eigenvalue weighted by molar-refractivity contribution is 7.99. The molecule has 2 aromatic heterocycles. The molecule has 1 amide bonds. The number of halogens is 1. The van der Waals surface area contributed by atoms with E-state index in [-0.39, 0.29) is 11.7 Å². The third-order valence-corrected chi connectivity index (χ3v) is 5.67. The molecule has 4 rings (SSSR count). The van der Waals surface area contributed by atoms with Gasteiger partial charge in [-0.3, -0.25) is 9.36 Å². The fraction of sp³-hybridized carbons (Fsp3) is 0.136. The van der Waals surface area contributed by atoms with E-state index in [2.05, 4.69) is 15.5 Å². The van der Waals surface area contributed by atoms with Crippen LogP contribution in [0.3, 0.4) is 0 Å². The van der Waals surface area contributed by atoms with Crippen LogP contribution in [0, 0.1) is 0 Å². The number of nitrogens with one attached hydrogen (secondary N) is 1. The number of ether oxygens (including phenoxy) is 1. The Balaban J connectivity index is 1.49. The van der Waals surface area contributed by atoms with Crippen molar-refractivity contribution in [2.24, 2.45) is 0 Å². The monoisotopic (exact) mass is 454 g/mol. The highest BCUT2D eigenvalue weighted by Gasteiger charge is 2.17. The molecule has 158 valence electrons. The smallest absolute Gasteiger partial charge is 0.234 e. The van der Waals surface area contributed by atoms with Crippen molar-refractivity contribution in [3.8, 4) is 17.1 Å². The second-order valence-electron chi connectivity index (χ2n) is 6.52. The van der Waals surface area contributed by atoms with Crippen LogP contribution in [-0.2, 0) is 11.3 Å². The van der Waals surface area contributed by atoms with Crippen LogP contribution >= 0.6 is 23.4 Å². The maximum atomic E-state index is 12.5. The van der Waals surface area contributed by atoms with Gasteiger partial charge in [0.25, 0.3) is 0 Å². The highest BCUT2D eigenvalue weighted by Crippen LogP contribution is 2.28. The van der Waals surface area contributed by atoms with Gasteiger partial charge in [-0.1, -0.05) is 53.7 Å². The van der Waals surface area contributed by atoms with Crippen LogP contribution in [0.25, 0.3) is 11.4 Å². The fourth-order valence-corrected chi connectivity index (χ4v) is 3.96. The number of furan rings is 1. The zero-order valence-electron chi connectivity index (χ0n) is 16.6. The third-order valence-electron chi connectivity index (χ3n) is 4.41. The Morgan fingerprint density at radius 2 is 2.00 bits per heavy atom. The van der Waals surface area contributed by atoms with E-state index in [4.69, 9.17) is 20.8 Å². The van der Waals surface area contributed by atoms with E-state index in [1.54, 1.807) is 31.6 Å². The Morgan fingerprint density at radius 1 is 1.16 bits per heavy atom. The van der Waals surface area contributed by atoms with E-state index in [1.165, 1.54) is 11.8 Å². The Morgan fingerprint density at radius 3 is 2.71 bits per heavy atom. The molecule has 4 aromatic rings. The van der Waals surface area contributed by atoms with Crippen molar-refractivity contribution in [2.45, 2.75) is 11.7 Å². The molecule has 0 saturated heterocycles. The number of rotatable bonds is 8. The summed E-state index contributed by atoms with van der Waals surface area (Å²) in [7, 11) is 1.54. The number of carbonyl (C=O) groups is 1. The maximum absolute atomic E-state index is 12.5. The normalized spacial score (nSPS) is 10.8. The summed E-state index contributed by atoms with van der Waals surface area (Å²) in [4.78, 5) is 12.5. The molecule has 0 aliphatic rings. The number of thioether (sulfide) groups is 1. The number of benzene rings is 2. The van der Waals surface area contributed by atoms with Gasteiger partial charge in [0.1, 0.15) is 11.5 Å². The van der Waals surface area contributed by atoms with E-state index >= 15 is 0 Å². The van der Waals surface area contributed by atoms with E-state index in [1.807, 2.05) is 47.0 Å². The first-order valence-corrected chi connectivity index (χ1v) is 10.8. The zero-order valence-corrected chi connectivity index (χ0v) is 18.2. The number of hydrogen-bond donors (Lipinski definition) is 1. The molecule has 0 aliphatic carbocycles. The van der Waals surface area contributed by atoms with Gasteiger partial charge >= 0.3 is 0 Å². The first-order chi connectivity index (χ1) is 15.1. The number of methoxy groups -OCH3 is 1. The second-order valence-corrected chi connectivity index (χ2v) is 7.87. The molecular formula is C22H19ClN4O3S. The van der Waals surface area contributed by atoms with Gasteiger partial charge in [0.2, 0.25) is 5.91 Å². The quantitative estimate of drug-likeness (QED) is 0.378. The number of anilines is 1. The van der Waals surface area contributed by atoms with Crippen molar-refractivity contribution in [3.05, 3.63) is 77.7 Å². The van der Waals surface area contributed by atoms with Crippen LogP contribution in [-0.4, -0.2) is 33.5 Å². The predicted molar refractivity (Wildman–Crippen MR) is 121 cm³/mol. The summed E-state index contributed by atoms with van der Waals surface area (Å²) in [5.74, 6) is 2.01. The van der Waals surface area contributed by atoms with E-state index < -0.39 is 0 Å². The van der Waals surface area contributed by atoms with Gasteiger partial charge in [-0.05, 0) is 30.3 Å². The van der Waals surface area contributed by atoms with Gasteiger partial charge in [0.15, 0.2) is 11.0 Å². The molecule has 7 nitrogen and oxygen atoms in total. The lowest BCUT2D eigenvalue weighted by Gasteiger charge is -2.10. The molecule has 0 saturated carbocycles. The SMILES string of the molecule is COc1ccc(NC(=O)CSc2nnc(-c3ccccc3)n2Cc2ccco2)cc1Cl. The first-order valence-electron chi connectivity index (χ1n) is 9.41. The van der Waals surface area contributed by atoms with Gasteiger partial charge in [-0.2, -0.15) is 0 Å². The molecule has 9 heteroatoms. The van der Waals surface area contributed by atoms with E-state index in [9.17, 15) is 4.79 Å². The lowest BCUT2D eigenvalue weighted by molar-refractivity contribution is -0.113. The average Bonchev–Trinajstić information content (AvgIpc) is 3.43. The Bertz CT molecular complexity index is 1160. The minimum atomic E-state index is -0.181. The fourth-order valence-electron chi connectivity index (χ4n) is 2.97. The van der Waals surface area contributed by atoms with Gasteiger partial charge in [-0.15, -0.1) is 10.2 Å². The third kappa shape index (κ3) is 5.10. The molecule has 1 N–H and O–H groups in total. The molecule has 0 bridgehead atoms. The highest BCUT2D eigenvalue weighted by atomic mass is 35.5. The van der Waals surface area contributed by atoms with Crippen molar-refractivity contribution in [2.75, 3.05) is 18.2 Å². The van der Waals surface area contributed by atoms with Gasteiger partial charge in [0.05, 0.1) is 30.7 Å². The van der Waals surface area contributed by atoms with E-state index in [0.717, 1.165) is 11.3 Å². The predicted octanol–water partition coefficient (Wildman–Crippen LogP) is 4.98. The number of amides is 1. The molecule has 2 heterocycles. The van der Waals surface area contributed by atoms with Crippen molar-refractivity contribution in [1.82, 2.24) is 14.8 Å². The van der Waals surface area contributed by atoms with Crippen LogP contribution in [0.4, 0.5) is 5.69 Å². The molecule has 0 fully saturated rings. The van der Waals surface area contributed by atoms with Gasteiger partial charge < -0.3 is 14.5 Å². The summed E-state index contributed by atoms with van der Waals surface area (Å²) in [5, 5.41) is 12.5. The van der Waals surface area contributed by atoms with Crippen LogP contribution in [0.1, 0.15) is 5.76 Å². The molecule has 0 spiro atoms. The summed E-state index contributed by atoms with van der Waals surface area (Å²) in [6.07, 6.45) is 1.63. The summed E-state index contributed by atoms with van der Waals surface area (Å²) < 4.78 is 12.6. The number of carbonyl (C=O) groups excluding carboxylic acids is 1. The maximum Gasteiger partial charge on any atom is 0.234 e.